The van der Waals surface area contributed by atoms with E-state index in [9.17, 15) is 4.79 Å². The van der Waals surface area contributed by atoms with Crippen LogP contribution >= 0.6 is 23.2 Å². The topological polar surface area (TPSA) is 22.0 Å². The maximum atomic E-state index is 12.8. The minimum atomic E-state index is 0.123. The minimum Gasteiger partial charge on any atom is -0.342 e. The van der Waals surface area contributed by atoms with Crippen molar-refractivity contribution in [2.45, 2.75) is 13.0 Å². The van der Waals surface area contributed by atoms with E-state index in [1.165, 1.54) is 0 Å². The predicted octanol–water partition coefficient (Wildman–Crippen LogP) is 6.82. The Hall–Kier alpha value is -2.81. The van der Waals surface area contributed by atoms with E-state index < -0.39 is 0 Å². The highest BCUT2D eigenvalue weighted by atomic mass is 35.5. The van der Waals surface area contributed by atoms with Gasteiger partial charge in [0.1, 0.15) is 0 Å². The molecule has 0 fully saturated rings. The summed E-state index contributed by atoms with van der Waals surface area (Å²) in [6.45, 7) is 0.633. The lowest BCUT2D eigenvalue weighted by Crippen LogP contribution is -1.98. The zero-order chi connectivity index (χ0) is 20.0. The van der Waals surface area contributed by atoms with Crippen molar-refractivity contribution in [1.82, 2.24) is 4.57 Å². The van der Waals surface area contributed by atoms with Crippen LogP contribution in [0.2, 0.25) is 10.0 Å². The summed E-state index contributed by atoms with van der Waals surface area (Å²) >= 11 is 12.4. The summed E-state index contributed by atoms with van der Waals surface area (Å²) in [6, 6.07) is 21.6. The summed E-state index contributed by atoms with van der Waals surface area (Å²) in [4.78, 5) is 12.8. The second kappa shape index (κ2) is 7.22. The molecule has 1 aliphatic rings. The van der Waals surface area contributed by atoms with Gasteiger partial charge >= 0.3 is 0 Å². The number of hydrogen-bond acceptors (Lipinski definition) is 1. The first-order valence-electron chi connectivity index (χ1n) is 9.45. The third-order valence-corrected chi connectivity index (χ3v) is 6.03. The zero-order valence-electron chi connectivity index (χ0n) is 15.5. The van der Waals surface area contributed by atoms with Crippen LogP contribution in [0.4, 0.5) is 0 Å². The molecule has 3 aromatic carbocycles. The average molecular weight is 418 g/mol. The lowest BCUT2D eigenvalue weighted by atomic mass is 10.1. The number of ketones is 1. The molecule has 142 valence electrons. The molecule has 0 atom stereocenters. The lowest BCUT2D eigenvalue weighted by molar-refractivity contribution is 0.104. The zero-order valence-corrected chi connectivity index (χ0v) is 17.0. The van der Waals surface area contributed by atoms with Crippen molar-refractivity contribution in [2.24, 2.45) is 0 Å². The first-order chi connectivity index (χ1) is 14.1. The number of allylic oxidation sites excluding steroid dienone is 1. The molecule has 0 N–H and O–H groups in total. The fourth-order valence-electron chi connectivity index (χ4n) is 4.01. The number of nitrogens with zero attached hydrogens (tertiary/aromatic N) is 1. The fraction of sp³-hybridized carbons (Fsp3) is 0.0800. The molecule has 0 saturated heterocycles. The smallest absolute Gasteiger partial charge is 0.189 e. The molecule has 0 radical (unpaired) electrons. The van der Waals surface area contributed by atoms with E-state index in [1.54, 1.807) is 6.07 Å². The van der Waals surface area contributed by atoms with Crippen molar-refractivity contribution in [1.29, 1.82) is 0 Å². The standard InChI is InChI=1S/C25H17Cl2NO/c26-20-10-9-17(23(27)13-20)14-28-15-19(21-6-3-4-8-24(21)28)12-18-11-16-5-1-2-7-22(16)25(18)29/h1-10,12-13,15H,11,14H2/b18-12+. The number of halogens is 2. The van der Waals surface area contributed by atoms with Crippen LogP contribution in [0.25, 0.3) is 17.0 Å². The Kier molecular flexibility index (Phi) is 4.54. The number of carbonyl (C=O) groups is 1. The van der Waals surface area contributed by atoms with E-state index in [0.29, 0.717) is 23.0 Å². The first-order valence-corrected chi connectivity index (χ1v) is 10.2. The van der Waals surface area contributed by atoms with Crippen LogP contribution in [0.15, 0.2) is 78.5 Å². The van der Waals surface area contributed by atoms with Gasteiger partial charge in [0.25, 0.3) is 0 Å². The summed E-state index contributed by atoms with van der Waals surface area (Å²) < 4.78 is 2.17. The molecule has 5 rings (SSSR count). The third kappa shape index (κ3) is 3.29. The number of Topliss-reactive ketones (excluding diaryl/α,β-unsaturated/α-hetero) is 1. The Bertz CT molecular complexity index is 1300. The monoisotopic (exact) mass is 417 g/mol. The van der Waals surface area contributed by atoms with Crippen molar-refractivity contribution >= 4 is 46.0 Å². The van der Waals surface area contributed by atoms with Crippen LogP contribution in [0, 0.1) is 0 Å². The molecule has 4 aromatic rings. The van der Waals surface area contributed by atoms with Crippen LogP contribution in [0.5, 0.6) is 0 Å². The van der Waals surface area contributed by atoms with Crippen LogP contribution in [-0.2, 0) is 13.0 Å². The Morgan fingerprint density at radius 2 is 1.76 bits per heavy atom. The number of fused-ring (bicyclic) bond motifs is 2. The highest BCUT2D eigenvalue weighted by molar-refractivity contribution is 6.35. The predicted molar refractivity (Wildman–Crippen MR) is 120 cm³/mol. The van der Waals surface area contributed by atoms with Gasteiger partial charge in [-0.3, -0.25) is 4.79 Å². The molecule has 2 nitrogen and oxygen atoms in total. The molecule has 0 aliphatic heterocycles. The van der Waals surface area contributed by atoms with Crippen molar-refractivity contribution in [3.05, 3.63) is 111 Å². The van der Waals surface area contributed by atoms with E-state index in [0.717, 1.165) is 38.7 Å². The number of hydrogen-bond donors (Lipinski definition) is 0. The summed E-state index contributed by atoms with van der Waals surface area (Å²) in [5.74, 6) is 0.123. The highest BCUT2D eigenvalue weighted by Gasteiger charge is 2.24. The Labute approximate surface area is 179 Å². The quantitative estimate of drug-likeness (QED) is 0.335. The molecule has 0 bridgehead atoms. The van der Waals surface area contributed by atoms with Crippen molar-refractivity contribution in [3.8, 4) is 0 Å². The number of aromatic nitrogens is 1. The van der Waals surface area contributed by atoms with Gasteiger partial charge in [-0.1, -0.05) is 71.7 Å². The molecule has 4 heteroatoms. The second-order valence-electron chi connectivity index (χ2n) is 7.30. The summed E-state index contributed by atoms with van der Waals surface area (Å²) in [6.07, 6.45) is 4.81. The maximum absolute atomic E-state index is 12.8. The molecule has 0 spiro atoms. The Morgan fingerprint density at radius 1 is 0.966 bits per heavy atom. The third-order valence-electron chi connectivity index (χ3n) is 5.44. The van der Waals surface area contributed by atoms with Gasteiger partial charge in [-0.25, -0.2) is 0 Å². The Morgan fingerprint density at radius 3 is 2.59 bits per heavy atom. The van der Waals surface area contributed by atoms with Crippen LogP contribution < -0.4 is 0 Å². The SMILES string of the molecule is O=C1/C(=C/c2cn(Cc3ccc(Cl)cc3Cl)c3ccccc23)Cc2ccccc21. The molecular weight excluding hydrogens is 401 g/mol. The molecule has 1 aliphatic carbocycles. The average Bonchev–Trinajstić information content (AvgIpc) is 3.23. The van der Waals surface area contributed by atoms with Gasteiger partial charge in [-0.05, 0) is 35.4 Å². The van der Waals surface area contributed by atoms with Crippen molar-refractivity contribution < 1.29 is 4.79 Å². The lowest BCUT2D eigenvalue weighted by Gasteiger charge is -2.08. The molecule has 29 heavy (non-hydrogen) atoms. The van der Waals surface area contributed by atoms with E-state index in [2.05, 4.69) is 22.9 Å². The van der Waals surface area contributed by atoms with Gasteiger partial charge in [0.15, 0.2) is 5.78 Å². The largest absolute Gasteiger partial charge is 0.342 e. The van der Waals surface area contributed by atoms with Gasteiger partial charge < -0.3 is 4.57 Å². The van der Waals surface area contributed by atoms with Gasteiger partial charge in [0.2, 0.25) is 0 Å². The van der Waals surface area contributed by atoms with Crippen LogP contribution in [-0.4, -0.2) is 10.4 Å². The Balaban J connectivity index is 1.57. The number of para-hydroxylation sites is 1. The molecule has 0 unspecified atom stereocenters. The molecule has 1 heterocycles. The molecular formula is C25H17Cl2NO. The van der Waals surface area contributed by atoms with Gasteiger partial charge in [-0.15, -0.1) is 0 Å². The van der Waals surface area contributed by atoms with Gasteiger partial charge in [0, 0.05) is 56.8 Å². The van der Waals surface area contributed by atoms with Gasteiger partial charge in [0.05, 0.1) is 0 Å². The summed E-state index contributed by atoms with van der Waals surface area (Å²) in [5, 5.41) is 2.39. The van der Waals surface area contributed by atoms with Crippen LogP contribution in [0.3, 0.4) is 0 Å². The van der Waals surface area contributed by atoms with E-state index in [1.807, 2.05) is 54.6 Å². The second-order valence-corrected chi connectivity index (χ2v) is 8.14. The van der Waals surface area contributed by atoms with Crippen molar-refractivity contribution in [3.63, 3.8) is 0 Å². The van der Waals surface area contributed by atoms with Gasteiger partial charge in [-0.2, -0.15) is 0 Å². The summed E-state index contributed by atoms with van der Waals surface area (Å²) in [7, 11) is 0. The number of rotatable bonds is 3. The highest BCUT2D eigenvalue weighted by Crippen LogP contribution is 2.31. The van der Waals surface area contributed by atoms with E-state index in [4.69, 9.17) is 23.2 Å². The molecule has 1 aromatic heterocycles. The first kappa shape index (κ1) is 18.2. The minimum absolute atomic E-state index is 0.123. The number of benzene rings is 3. The van der Waals surface area contributed by atoms with E-state index >= 15 is 0 Å². The number of carbonyl (C=O) groups excluding carboxylic acids is 1. The van der Waals surface area contributed by atoms with Crippen molar-refractivity contribution in [2.75, 3.05) is 0 Å². The van der Waals surface area contributed by atoms with Crippen LogP contribution in [0.1, 0.15) is 27.0 Å². The fourth-order valence-corrected chi connectivity index (χ4v) is 4.48. The normalized spacial score (nSPS) is 14.7. The molecule has 0 amide bonds. The maximum Gasteiger partial charge on any atom is 0.189 e. The molecule has 0 saturated carbocycles. The van der Waals surface area contributed by atoms with E-state index in [-0.39, 0.29) is 5.78 Å². The summed E-state index contributed by atoms with van der Waals surface area (Å²) in [5.41, 5.74) is 5.89.